The summed E-state index contributed by atoms with van der Waals surface area (Å²) in [4.78, 5) is 38.4. The number of piperazine rings is 1. The van der Waals surface area contributed by atoms with Crippen LogP contribution < -0.4 is 10.2 Å². The van der Waals surface area contributed by atoms with Gasteiger partial charge in [0.2, 0.25) is 5.91 Å². The number of amides is 1. The summed E-state index contributed by atoms with van der Waals surface area (Å²) in [6.07, 6.45) is 0. The molecule has 0 aromatic heterocycles. The molecule has 3 rings (SSSR count). The van der Waals surface area contributed by atoms with Crippen LogP contribution >= 0.6 is 0 Å². The van der Waals surface area contributed by atoms with Crippen molar-refractivity contribution in [1.82, 2.24) is 4.90 Å². The number of nitro benzene ring substituents is 1. The van der Waals surface area contributed by atoms with Crippen molar-refractivity contribution in [1.29, 1.82) is 0 Å². The van der Waals surface area contributed by atoms with Crippen molar-refractivity contribution in [3.63, 3.8) is 0 Å². The number of nitrogens with one attached hydrogen (secondary N) is 1. The van der Waals surface area contributed by atoms with Crippen LogP contribution in [-0.2, 0) is 9.53 Å². The minimum atomic E-state index is -0.660. The molecule has 0 bridgehead atoms. The lowest BCUT2D eigenvalue weighted by Crippen LogP contribution is -2.48. The molecule has 9 heteroatoms. The number of para-hydroxylation sites is 1. The first-order valence-corrected chi connectivity index (χ1v) is 9.14. The zero-order chi connectivity index (χ0) is 21.0. The van der Waals surface area contributed by atoms with Crippen molar-refractivity contribution in [3.05, 3.63) is 58.1 Å². The number of nitro groups is 1. The Bertz CT molecular complexity index is 938. The monoisotopic (exact) mass is 398 g/mol. The van der Waals surface area contributed by atoms with Crippen LogP contribution in [0.5, 0.6) is 0 Å². The highest BCUT2D eigenvalue weighted by Crippen LogP contribution is 2.33. The summed E-state index contributed by atoms with van der Waals surface area (Å²) in [5, 5.41) is 14.5. The number of carbonyl (C=O) groups is 2. The SMILES string of the molecule is COC(=O)c1cccc([N+](=O)[O-])c1Nc1cccc(N2CCN(C(C)=O)CC2)c1. The Hall–Kier alpha value is -3.62. The third-order valence-electron chi connectivity index (χ3n) is 4.85. The first kappa shape index (κ1) is 20.1. The Balaban J connectivity index is 1.87. The second-order valence-electron chi connectivity index (χ2n) is 6.62. The van der Waals surface area contributed by atoms with Crippen LogP contribution in [0.1, 0.15) is 17.3 Å². The Morgan fingerprint density at radius 3 is 2.41 bits per heavy atom. The molecule has 1 heterocycles. The van der Waals surface area contributed by atoms with E-state index in [1.807, 2.05) is 18.2 Å². The molecular formula is C20H22N4O5. The second kappa shape index (κ2) is 8.59. The zero-order valence-electron chi connectivity index (χ0n) is 16.3. The summed E-state index contributed by atoms with van der Waals surface area (Å²) in [5.41, 5.74) is 1.49. The van der Waals surface area contributed by atoms with Gasteiger partial charge in [0, 0.05) is 50.5 Å². The maximum absolute atomic E-state index is 12.1. The van der Waals surface area contributed by atoms with Gasteiger partial charge in [-0.3, -0.25) is 14.9 Å². The first-order valence-electron chi connectivity index (χ1n) is 9.14. The molecule has 0 saturated carbocycles. The van der Waals surface area contributed by atoms with E-state index < -0.39 is 10.9 Å². The van der Waals surface area contributed by atoms with Gasteiger partial charge in [-0.1, -0.05) is 12.1 Å². The summed E-state index contributed by atoms with van der Waals surface area (Å²) < 4.78 is 4.76. The molecule has 152 valence electrons. The van der Waals surface area contributed by atoms with Crippen molar-refractivity contribution in [3.8, 4) is 0 Å². The van der Waals surface area contributed by atoms with E-state index in [0.717, 1.165) is 5.69 Å². The molecule has 0 spiro atoms. The van der Waals surface area contributed by atoms with Crippen LogP contribution in [0.2, 0.25) is 0 Å². The molecule has 0 unspecified atom stereocenters. The average Bonchev–Trinajstić information content (AvgIpc) is 2.73. The van der Waals surface area contributed by atoms with Gasteiger partial charge in [-0.25, -0.2) is 4.79 Å². The Morgan fingerprint density at radius 2 is 1.79 bits per heavy atom. The number of esters is 1. The number of ether oxygens (including phenoxy) is 1. The van der Waals surface area contributed by atoms with Crippen molar-refractivity contribution in [2.24, 2.45) is 0 Å². The molecule has 1 aliphatic heterocycles. The van der Waals surface area contributed by atoms with Crippen LogP contribution in [0, 0.1) is 10.1 Å². The van der Waals surface area contributed by atoms with Gasteiger partial charge in [0.1, 0.15) is 5.69 Å². The lowest BCUT2D eigenvalue weighted by atomic mass is 10.1. The normalized spacial score (nSPS) is 13.7. The molecule has 1 amide bonds. The van der Waals surface area contributed by atoms with Gasteiger partial charge in [-0.15, -0.1) is 0 Å². The minimum Gasteiger partial charge on any atom is -0.465 e. The van der Waals surface area contributed by atoms with Crippen LogP contribution in [0.4, 0.5) is 22.7 Å². The summed E-state index contributed by atoms with van der Waals surface area (Å²) >= 11 is 0. The fourth-order valence-electron chi connectivity index (χ4n) is 3.31. The Morgan fingerprint density at radius 1 is 1.10 bits per heavy atom. The number of anilines is 3. The third kappa shape index (κ3) is 4.45. The molecular weight excluding hydrogens is 376 g/mol. The molecule has 9 nitrogen and oxygen atoms in total. The molecule has 2 aromatic carbocycles. The van der Waals surface area contributed by atoms with Gasteiger partial charge >= 0.3 is 5.97 Å². The van der Waals surface area contributed by atoms with Crippen molar-refractivity contribution >= 4 is 34.6 Å². The highest BCUT2D eigenvalue weighted by Gasteiger charge is 2.23. The molecule has 1 N–H and O–H groups in total. The van der Waals surface area contributed by atoms with E-state index in [9.17, 15) is 19.7 Å². The van der Waals surface area contributed by atoms with Gasteiger partial charge in [0.25, 0.3) is 5.69 Å². The molecule has 1 saturated heterocycles. The van der Waals surface area contributed by atoms with Crippen molar-refractivity contribution < 1.29 is 19.2 Å². The number of nitrogens with zero attached hydrogens (tertiary/aromatic N) is 3. The predicted molar refractivity (Wildman–Crippen MR) is 109 cm³/mol. The largest absolute Gasteiger partial charge is 0.465 e. The Labute approximate surface area is 168 Å². The Kier molecular flexibility index (Phi) is 5.96. The second-order valence-corrected chi connectivity index (χ2v) is 6.62. The fraction of sp³-hybridized carbons (Fsp3) is 0.300. The van der Waals surface area contributed by atoms with Gasteiger partial charge in [0.05, 0.1) is 17.6 Å². The lowest BCUT2D eigenvalue weighted by molar-refractivity contribution is -0.383. The fourth-order valence-corrected chi connectivity index (χ4v) is 3.31. The topological polar surface area (TPSA) is 105 Å². The maximum Gasteiger partial charge on any atom is 0.340 e. The molecule has 1 aliphatic rings. The molecule has 0 atom stereocenters. The summed E-state index contributed by atoms with van der Waals surface area (Å²) in [6.45, 7) is 4.24. The van der Waals surface area contributed by atoms with Crippen LogP contribution in [0.25, 0.3) is 0 Å². The smallest absolute Gasteiger partial charge is 0.340 e. The number of hydrogen-bond acceptors (Lipinski definition) is 7. The first-order chi connectivity index (χ1) is 13.9. The van der Waals surface area contributed by atoms with E-state index in [0.29, 0.717) is 31.9 Å². The number of methoxy groups -OCH3 is 1. The summed E-state index contributed by atoms with van der Waals surface area (Å²) in [6, 6.07) is 11.7. The number of carbonyl (C=O) groups excluding carboxylic acids is 2. The molecule has 0 aliphatic carbocycles. The molecule has 0 radical (unpaired) electrons. The number of benzene rings is 2. The van der Waals surface area contributed by atoms with E-state index >= 15 is 0 Å². The maximum atomic E-state index is 12.1. The van der Waals surface area contributed by atoms with Gasteiger partial charge in [0.15, 0.2) is 0 Å². The zero-order valence-corrected chi connectivity index (χ0v) is 16.3. The van der Waals surface area contributed by atoms with E-state index in [1.165, 1.54) is 25.3 Å². The van der Waals surface area contributed by atoms with E-state index in [2.05, 4.69) is 10.2 Å². The van der Waals surface area contributed by atoms with Gasteiger partial charge in [-0.2, -0.15) is 0 Å². The number of rotatable bonds is 5. The summed E-state index contributed by atoms with van der Waals surface area (Å²) in [5.74, 6) is -0.598. The third-order valence-corrected chi connectivity index (χ3v) is 4.85. The average molecular weight is 398 g/mol. The van der Waals surface area contributed by atoms with Crippen LogP contribution in [-0.4, -0.2) is 55.0 Å². The lowest BCUT2D eigenvalue weighted by Gasteiger charge is -2.35. The van der Waals surface area contributed by atoms with Crippen LogP contribution in [0.15, 0.2) is 42.5 Å². The van der Waals surface area contributed by atoms with Gasteiger partial charge < -0.3 is 19.9 Å². The highest BCUT2D eigenvalue weighted by molar-refractivity contribution is 5.99. The highest BCUT2D eigenvalue weighted by atomic mass is 16.6. The van der Waals surface area contributed by atoms with E-state index in [4.69, 9.17) is 4.74 Å². The van der Waals surface area contributed by atoms with Crippen LogP contribution in [0.3, 0.4) is 0 Å². The van der Waals surface area contributed by atoms with E-state index in [-0.39, 0.29) is 22.8 Å². The predicted octanol–water partition coefficient (Wildman–Crippen LogP) is 2.79. The molecule has 29 heavy (non-hydrogen) atoms. The molecule has 1 fully saturated rings. The van der Waals surface area contributed by atoms with Crippen molar-refractivity contribution in [2.75, 3.05) is 43.5 Å². The van der Waals surface area contributed by atoms with Gasteiger partial charge in [-0.05, 0) is 24.3 Å². The van der Waals surface area contributed by atoms with Crippen molar-refractivity contribution in [2.45, 2.75) is 6.92 Å². The minimum absolute atomic E-state index is 0.0618. The quantitative estimate of drug-likeness (QED) is 0.469. The summed E-state index contributed by atoms with van der Waals surface area (Å²) in [7, 11) is 1.23. The van der Waals surface area contributed by atoms with E-state index in [1.54, 1.807) is 17.9 Å². The molecule has 2 aromatic rings. The standard InChI is InChI=1S/C20H22N4O5/c1-14(25)22-9-11-23(12-10-22)16-6-3-5-15(13-16)21-19-17(20(26)29-2)7-4-8-18(19)24(27)28/h3-8,13,21H,9-12H2,1-2H3. The number of hydrogen-bond donors (Lipinski definition) is 1.